The van der Waals surface area contributed by atoms with E-state index >= 15 is 0 Å². The predicted molar refractivity (Wildman–Crippen MR) is 78.2 cm³/mol. The lowest BCUT2D eigenvalue weighted by molar-refractivity contribution is -0.139. The molecule has 0 saturated heterocycles. The maximum absolute atomic E-state index is 12.1. The highest BCUT2D eigenvalue weighted by molar-refractivity contribution is 7.89. The zero-order valence-electron chi connectivity index (χ0n) is 11.1. The second-order valence-corrected chi connectivity index (χ2v) is 7.97. The maximum Gasteiger partial charge on any atom is 0.327 e. The first-order chi connectivity index (χ1) is 9.48. The monoisotopic (exact) mass is 317 g/mol. The topological polar surface area (TPSA) is 83.5 Å². The molecule has 1 aromatic rings. The molecule has 7 heteroatoms. The van der Waals surface area contributed by atoms with Crippen molar-refractivity contribution in [3.05, 3.63) is 22.4 Å². The molecule has 0 amide bonds. The lowest BCUT2D eigenvalue weighted by Crippen LogP contribution is -2.36. The first kappa shape index (κ1) is 15.5. The van der Waals surface area contributed by atoms with Gasteiger partial charge in [-0.15, -0.1) is 11.3 Å². The van der Waals surface area contributed by atoms with Crippen LogP contribution in [0.25, 0.3) is 0 Å². The van der Waals surface area contributed by atoms with Gasteiger partial charge in [0.25, 0.3) is 0 Å². The Morgan fingerprint density at radius 2 is 2.10 bits per heavy atom. The SMILES string of the molecule is O=C(O)C(NS(=O)(=O)CC1CCCCC1)c1cccs1. The van der Waals surface area contributed by atoms with E-state index in [1.807, 2.05) is 0 Å². The van der Waals surface area contributed by atoms with Gasteiger partial charge < -0.3 is 5.11 Å². The molecule has 1 saturated carbocycles. The van der Waals surface area contributed by atoms with Crippen molar-refractivity contribution < 1.29 is 18.3 Å². The fraction of sp³-hybridized carbons (Fsp3) is 0.615. The van der Waals surface area contributed by atoms with Crippen LogP contribution in [-0.4, -0.2) is 25.2 Å². The lowest BCUT2D eigenvalue weighted by atomic mass is 9.91. The third-order valence-corrected chi connectivity index (χ3v) is 5.99. The van der Waals surface area contributed by atoms with Gasteiger partial charge in [0.05, 0.1) is 5.75 Å². The molecule has 1 aliphatic rings. The van der Waals surface area contributed by atoms with E-state index in [-0.39, 0.29) is 11.7 Å². The number of rotatable bonds is 6. The number of hydrogen-bond donors (Lipinski definition) is 2. The largest absolute Gasteiger partial charge is 0.480 e. The van der Waals surface area contributed by atoms with Gasteiger partial charge in [-0.1, -0.05) is 25.3 Å². The van der Waals surface area contributed by atoms with Crippen LogP contribution in [0.2, 0.25) is 0 Å². The molecular formula is C13H19NO4S2. The zero-order valence-corrected chi connectivity index (χ0v) is 12.8. The van der Waals surface area contributed by atoms with E-state index in [1.165, 1.54) is 11.3 Å². The van der Waals surface area contributed by atoms with E-state index in [1.54, 1.807) is 17.5 Å². The average Bonchev–Trinajstić information content (AvgIpc) is 2.90. The van der Waals surface area contributed by atoms with Crippen LogP contribution in [0.4, 0.5) is 0 Å². The minimum atomic E-state index is -3.58. The van der Waals surface area contributed by atoms with Crippen molar-refractivity contribution in [1.29, 1.82) is 0 Å². The highest BCUT2D eigenvalue weighted by Gasteiger charge is 2.29. The van der Waals surface area contributed by atoms with Crippen LogP contribution < -0.4 is 4.72 Å². The third-order valence-electron chi connectivity index (χ3n) is 3.55. The van der Waals surface area contributed by atoms with Gasteiger partial charge in [-0.3, -0.25) is 4.79 Å². The van der Waals surface area contributed by atoms with E-state index in [4.69, 9.17) is 0 Å². The Labute approximate surface area is 123 Å². The molecule has 1 aromatic heterocycles. The summed E-state index contributed by atoms with van der Waals surface area (Å²) in [7, 11) is -3.58. The summed E-state index contributed by atoms with van der Waals surface area (Å²) in [5.41, 5.74) is 0. The van der Waals surface area contributed by atoms with Gasteiger partial charge in [-0.05, 0) is 30.2 Å². The Kier molecular flexibility index (Phi) is 5.17. The number of thiophene rings is 1. The Hall–Kier alpha value is -0.920. The van der Waals surface area contributed by atoms with E-state index in [2.05, 4.69) is 4.72 Å². The van der Waals surface area contributed by atoms with E-state index in [0.29, 0.717) is 4.88 Å². The molecule has 1 fully saturated rings. The molecule has 112 valence electrons. The molecule has 1 heterocycles. The van der Waals surface area contributed by atoms with E-state index < -0.39 is 22.0 Å². The first-order valence-electron chi connectivity index (χ1n) is 6.74. The van der Waals surface area contributed by atoms with Gasteiger partial charge in [0.2, 0.25) is 10.0 Å². The molecule has 0 aromatic carbocycles. The number of carbonyl (C=O) groups is 1. The van der Waals surface area contributed by atoms with Crippen molar-refractivity contribution >= 4 is 27.3 Å². The van der Waals surface area contributed by atoms with Crippen LogP contribution >= 0.6 is 11.3 Å². The third kappa shape index (κ3) is 4.29. The summed E-state index contributed by atoms with van der Waals surface area (Å²) in [6.07, 6.45) is 5.12. The predicted octanol–water partition coefficient (Wildman–Crippen LogP) is 2.37. The number of aliphatic carboxylic acids is 1. The van der Waals surface area contributed by atoms with Crippen LogP contribution in [-0.2, 0) is 14.8 Å². The Morgan fingerprint density at radius 3 is 2.65 bits per heavy atom. The minimum Gasteiger partial charge on any atom is -0.480 e. The molecule has 0 spiro atoms. The highest BCUT2D eigenvalue weighted by atomic mass is 32.2. The molecule has 5 nitrogen and oxygen atoms in total. The summed E-state index contributed by atoms with van der Waals surface area (Å²) in [5.74, 6) is -0.985. The summed E-state index contributed by atoms with van der Waals surface area (Å²) in [4.78, 5) is 11.8. The van der Waals surface area contributed by atoms with Crippen molar-refractivity contribution in [3.8, 4) is 0 Å². The molecule has 2 rings (SSSR count). The highest BCUT2D eigenvalue weighted by Crippen LogP contribution is 2.26. The van der Waals surface area contributed by atoms with Crippen LogP contribution in [0.5, 0.6) is 0 Å². The number of nitrogens with one attached hydrogen (secondary N) is 1. The first-order valence-corrected chi connectivity index (χ1v) is 9.27. The fourth-order valence-electron chi connectivity index (χ4n) is 2.58. The summed E-state index contributed by atoms with van der Waals surface area (Å²) in [6.45, 7) is 0. The standard InChI is InChI=1S/C13H19NO4S2/c15-13(16)12(11-7-4-8-19-11)14-20(17,18)9-10-5-2-1-3-6-10/h4,7-8,10,12,14H,1-3,5-6,9H2,(H,15,16). The zero-order chi connectivity index (χ0) is 14.6. The van der Waals surface area contributed by atoms with Crippen LogP contribution in [0, 0.1) is 5.92 Å². The van der Waals surface area contributed by atoms with Crippen molar-refractivity contribution in [3.63, 3.8) is 0 Å². The number of sulfonamides is 1. The van der Waals surface area contributed by atoms with Gasteiger partial charge in [0, 0.05) is 4.88 Å². The van der Waals surface area contributed by atoms with Gasteiger partial charge in [-0.25, -0.2) is 8.42 Å². The summed E-state index contributed by atoms with van der Waals surface area (Å²) >= 11 is 1.24. The van der Waals surface area contributed by atoms with Crippen molar-refractivity contribution in [2.24, 2.45) is 5.92 Å². The molecule has 1 aliphatic carbocycles. The van der Waals surface area contributed by atoms with Gasteiger partial charge in [0.1, 0.15) is 0 Å². The summed E-state index contributed by atoms with van der Waals surface area (Å²) in [6, 6.07) is 2.17. The van der Waals surface area contributed by atoms with Crippen LogP contribution in [0.15, 0.2) is 17.5 Å². The van der Waals surface area contributed by atoms with Gasteiger partial charge in [-0.2, -0.15) is 4.72 Å². The van der Waals surface area contributed by atoms with Gasteiger partial charge >= 0.3 is 5.97 Å². The Bertz CT molecular complexity index is 533. The van der Waals surface area contributed by atoms with E-state index in [0.717, 1.165) is 32.1 Å². The Morgan fingerprint density at radius 1 is 1.40 bits per heavy atom. The molecule has 0 bridgehead atoms. The van der Waals surface area contributed by atoms with Crippen LogP contribution in [0.1, 0.15) is 43.0 Å². The van der Waals surface area contributed by atoms with Crippen molar-refractivity contribution in [1.82, 2.24) is 4.72 Å². The van der Waals surface area contributed by atoms with Crippen LogP contribution in [0.3, 0.4) is 0 Å². The molecule has 1 atom stereocenters. The number of carboxylic acid groups (broad SMARTS) is 1. The molecule has 20 heavy (non-hydrogen) atoms. The molecule has 0 aliphatic heterocycles. The van der Waals surface area contributed by atoms with E-state index in [9.17, 15) is 18.3 Å². The van der Waals surface area contributed by atoms with Crippen molar-refractivity contribution in [2.75, 3.05) is 5.75 Å². The fourth-order valence-corrected chi connectivity index (χ4v) is 5.06. The average molecular weight is 317 g/mol. The summed E-state index contributed by atoms with van der Waals surface area (Å²) < 4.78 is 26.6. The molecule has 0 radical (unpaired) electrons. The number of carboxylic acids is 1. The minimum absolute atomic E-state index is 0.0299. The smallest absolute Gasteiger partial charge is 0.327 e. The van der Waals surface area contributed by atoms with Crippen molar-refractivity contribution in [2.45, 2.75) is 38.1 Å². The molecule has 2 N–H and O–H groups in total. The Balaban J connectivity index is 2.03. The maximum atomic E-state index is 12.1. The normalized spacial score (nSPS) is 18.8. The van der Waals surface area contributed by atoms with Gasteiger partial charge in [0.15, 0.2) is 6.04 Å². The summed E-state index contributed by atoms with van der Waals surface area (Å²) in [5, 5.41) is 10.9. The second-order valence-electron chi connectivity index (χ2n) is 5.19. The number of hydrogen-bond acceptors (Lipinski definition) is 4. The quantitative estimate of drug-likeness (QED) is 0.843. The molecular weight excluding hydrogens is 298 g/mol. The second kappa shape index (κ2) is 6.69. The lowest BCUT2D eigenvalue weighted by Gasteiger charge is -2.22. The molecule has 1 unspecified atom stereocenters.